The van der Waals surface area contributed by atoms with Gasteiger partial charge in [0.05, 0.1) is 0 Å². The quantitative estimate of drug-likeness (QED) is 0.656. The van der Waals surface area contributed by atoms with Crippen LogP contribution in [0.25, 0.3) is 6.08 Å². The van der Waals surface area contributed by atoms with Crippen molar-refractivity contribution < 1.29 is 39.5 Å². The summed E-state index contributed by atoms with van der Waals surface area (Å²) in [5.74, 6) is -22.0. The number of allylic oxidation sites excluding steroid dienone is 1. The van der Waals surface area contributed by atoms with Gasteiger partial charge >= 0.3 is 24.2 Å². The van der Waals surface area contributed by atoms with Crippen LogP contribution in [0, 0.1) is 0 Å². The third kappa shape index (κ3) is 3.01. The maximum atomic E-state index is 13.2. The van der Waals surface area contributed by atoms with E-state index in [1.807, 2.05) is 0 Å². The van der Waals surface area contributed by atoms with Gasteiger partial charge in [-0.1, -0.05) is 30.3 Å². The lowest BCUT2D eigenvalue weighted by molar-refractivity contribution is -0.330. The molecule has 0 spiro atoms. The van der Waals surface area contributed by atoms with E-state index in [0.29, 0.717) is 0 Å². The van der Waals surface area contributed by atoms with Gasteiger partial charge in [-0.15, -0.1) is 0 Å². The molecule has 0 atom stereocenters. The highest BCUT2D eigenvalue weighted by Gasteiger charge is 2.77. The zero-order valence-corrected chi connectivity index (χ0v) is 9.94. The summed E-state index contributed by atoms with van der Waals surface area (Å²) >= 11 is 0. The summed E-state index contributed by atoms with van der Waals surface area (Å²) in [4.78, 5) is 0. The Hall–Kier alpha value is -1.67. The van der Waals surface area contributed by atoms with Gasteiger partial charge in [-0.05, 0) is 11.6 Å². The molecule has 0 fully saturated rings. The molecule has 0 aromatic heterocycles. The average Bonchev–Trinajstić information content (AvgIpc) is 2.39. The molecule has 0 N–H and O–H groups in total. The molecule has 0 nitrogen and oxygen atoms in total. The highest BCUT2D eigenvalue weighted by atomic mass is 19.4. The van der Waals surface area contributed by atoms with Crippen LogP contribution in [0.4, 0.5) is 39.5 Å². The molecule has 21 heavy (non-hydrogen) atoms. The molecular formula is C12H7F9. The van der Waals surface area contributed by atoms with Crippen molar-refractivity contribution in [1.29, 1.82) is 0 Å². The lowest BCUT2D eigenvalue weighted by Gasteiger charge is -2.31. The lowest BCUT2D eigenvalue weighted by Crippen LogP contribution is -2.57. The molecule has 1 aromatic rings. The van der Waals surface area contributed by atoms with Crippen LogP contribution in [0.2, 0.25) is 0 Å². The predicted octanol–water partition coefficient (Wildman–Crippen LogP) is 5.17. The molecule has 9 heteroatoms. The minimum atomic E-state index is -6.59. The molecule has 118 valence electrons. The first-order valence-electron chi connectivity index (χ1n) is 5.29. The second kappa shape index (κ2) is 5.61. The Morgan fingerprint density at radius 1 is 0.905 bits per heavy atom. The largest absolute Gasteiger partial charge is 0.384 e. The van der Waals surface area contributed by atoms with E-state index in [0.717, 1.165) is 12.1 Å². The van der Waals surface area contributed by atoms with Gasteiger partial charge in [0.2, 0.25) is 0 Å². The molecule has 0 aliphatic rings. The van der Waals surface area contributed by atoms with Crippen molar-refractivity contribution in [2.24, 2.45) is 0 Å². The third-order valence-corrected chi connectivity index (χ3v) is 2.48. The SMILES string of the molecule is FC(=Cc1ccccc1)C(F)(F)C(F)(F)C(F)(F)C(F)F. The number of hydrogen-bond acceptors (Lipinski definition) is 0. The number of hydrogen-bond donors (Lipinski definition) is 0. The van der Waals surface area contributed by atoms with Crippen LogP contribution < -0.4 is 0 Å². The minimum absolute atomic E-state index is 0.130. The molecule has 0 saturated carbocycles. The zero-order valence-electron chi connectivity index (χ0n) is 9.94. The fourth-order valence-electron chi connectivity index (χ4n) is 1.28. The van der Waals surface area contributed by atoms with Gasteiger partial charge in [-0.25, -0.2) is 13.2 Å². The molecule has 1 aromatic carbocycles. The van der Waals surface area contributed by atoms with Crippen molar-refractivity contribution in [2.75, 3.05) is 0 Å². The summed E-state index contributed by atoms with van der Waals surface area (Å²) in [6.07, 6.45) is -5.21. The minimum Gasteiger partial charge on any atom is -0.205 e. The number of alkyl halides is 8. The van der Waals surface area contributed by atoms with Gasteiger partial charge in [0.15, 0.2) is 5.83 Å². The van der Waals surface area contributed by atoms with Crippen LogP contribution in [0.3, 0.4) is 0 Å². The van der Waals surface area contributed by atoms with Crippen LogP contribution in [0.15, 0.2) is 36.2 Å². The molecule has 0 amide bonds. The molecular weight excluding hydrogens is 315 g/mol. The van der Waals surface area contributed by atoms with Crippen molar-refractivity contribution in [1.82, 2.24) is 0 Å². The summed E-state index contributed by atoms with van der Waals surface area (Å²) in [5, 5.41) is 0. The van der Waals surface area contributed by atoms with Crippen LogP contribution in [-0.4, -0.2) is 24.2 Å². The van der Waals surface area contributed by atoms with Crippen molar-refractivity contribution >= 4 is 6.08 Å². The molecule has 0 heterocycles. The molecule has 0 aliphatic carbocycles. The van der Waals surface area contributed by atoms with E-state index in [2.05, 4.69) is 0 Å². The van der Waals surface area contributed by atoms with E-state index in [1.165, 1.54) is 18.2 Å². The summed E-state index contributed by atoms with van der Waals surface area (Å²) < 4.78 is 114. The fourth-order valence-corrected chi connectivity index (χ4v) is 1.28. The standard InChI is InChI=1S/C12H7F9/c13-8(6-7-4-2-1-3-5-7)10(16,17)12(20,21)11(18,19)9(14)15/h1-6,9H. The molecule has 0 unspecified atom stereocenters. The molecule has 1 rings (SSSR count). The highest BCUT2D eigenvalue weighted by Crippen LogP contribution is 2.51. The molecule has 0 radical (unpaired) electrons. The fraction of sp³-hybridized carbons (Fsp3) is 0.333. The second-order valence-electron chi connectivity index (χ2n) is 3.98. The first-order chi connectivity index (χ1) is 9.44. The van der Waals surface area contributed by atoms with Crippen LogP contribution >= 0.6 is 0 Å². The van der Waals surface area contributed by atoms with Gasteiger partial charge in [-0.3, -0.25) is 0 Å². The zero-order chi connectivity index (χ0) is 16.5. The normalized spacial score (nSPS) is 14.7. The second-order valence-corrected chi connectivity index (χ2v) is 3.98. The monoisotopic (exact) mass is 322 g/mol. The highest BCUT2D eigenvalue weighted by molar-refractivity contribution is 5.53. The first-order valence-corrected chi connectivity index (χ1v) is 5.29. The Labute approximate surface area is 112 Å². The number of benzene rings is 1. The van der Waals surface area contributed by atoms with E-state index >= 15 is 0 Å². The Morgan fingerprint density at radius 2 is 1.38 bits per heavy atom. The lowest BCUT2D eigenvalue weighted by atomic mass is 10.0. The van der Waals surface area contributed by atoms with Gasteiger partial charge in [0.1, 0.15) is 0 Å². The van der Waals surface area contributed by atoms with Gasteiger partial charge in [-0.2, -0.15) is 26.3 Å². The maximum absolute atomic E-state index is 13.2. The van der Waals surface area contributed by atoms with Crippen LogP contribution in [0.1, 0.15) is 5.56 Å². The molecule has 0 bridgehead atoms. The van der Waals surface area contributed by atoms with E-state index < -0.39 is 30.0 Å². The van der Waals surface area contributed by atoms with Gasteiger partial charge < -0.3 is 0 Å². The van der Waals surface area contributed by atoms with E-state index in [4.69, 9.17) is 0 Å². The summed E-state index contributed by atoms with van der Waals surface area (Å²) in [6, 6.07) is 5.93. The maximum Gasteiger partial charge on any atom is 0.384 e. The molecule has 0 saturated heterocycles. The van der Waals surface area contributed by atoms with Crippen molar-refractivity contribution in [3.8, 4) is 0 Å². The number of halogens is 9. The third-order valence-electron chi connectivity index (χ3n) is 2.48. The Balaban J connectivity index is 3.23. The Kier molecular flexibility index (Phi) is 4.64. The van der Waals surface area contributed by atoms with E-state index in [-0.39, 0.29) is 11.6 Å². The smallest absolute Gasteiger partial charge is 0.205 e. The predicted molar refractivity (Wildman–Crippen MR) is 56.4 cm³/mol. The molecule has 0 aliphatic heterocycles. The topological polar surface area (TPSA) is 0 Å². The summed E-state index contributed by atoms with van der Waals surface area (Å²) in [7, 11) is 0. The number of rotatable bonds is 5. The van der Waals surface area contributed by atoms with Crippen LogP contribution in [-0.2, 0) is 0 Å². The van der Waals surface area contributed by atoms with Gasteiger partial charge in [0.25, 0.3) is 0 Å². The van der Waals surface area contributed by atoms with Crippen molar-refractivity contribution in [3.63, 3.8) is 0 Å². The van der Waals surface area contributed by atoms with Gasteiger partial charge in [0, 0.05) is 0 Å². The van der Waals surface area contributed by atoms with Crippen molar-refractivity contribution in [3.05, 3.63) is 41.7 Å². The van der Waals surface area contributed by atoms with E-state index in [1.54, 1.807) is 0 Å². The summed E-state index contributed by atoms with van der Waals surface area (Å²) in [5.41, 5.74) is -0.328. The average molecular weight is 322 g/mol. The van der Waals surface area contributed by atoms with E-state index in [9.17, 15) is 39.5 Å². The first kappa shape index (κ1) is 17.4. The summed E-state index contributed by atoms with van der Waals surface area (Å²) in [6.45, 7) is 0. The Bertz CT molecular complexity index is 505. The van der Waals surface area contributed by atoms with Crippen molar-refractivity contribution in [2.45, 2.75) is 24.2 Å². The Morgan fingerprint density at radius 3 is 1.81 bits per heavy atom. The van der Waals surface area contributed by atoms with Crippen LogP contribution in [0.5, 0.6) is 0 Å².